The highest BCUT2D eigenvalue weighted by molar-refractivity contribution is 6.74. The highest BCUT2D eigenvalue weighted by Gasteiger charge is 2.51. The average Bonchev–Trinajstić information content (AvgIpc) is 2.94. The van der Waals surface area contributed by atoms with Gasteiger partial charge >= 0.3 is 17.6 Å². The third kappa shape index (κ3) is 16.8. The second-order valence-electron chi connectivity index (χ2n) is 10.1. The van der Waals surface area contributed by atoms with Crippen LogP contribution in [0.5, 0.6) is 0 Å². The second-order valence-corrected chi connectivity index (χ2v) is 16.3. The molecule has 224 valence electrons. The standard InChI is InChI=1S/C28H64N2O5Si2/c1-9-29(10-2)25-21-17-13-15-19-23-27-36(31-5,32-6)35-37(33-7,34-8)28-24-20-16-14-18-22-26-30(11-3)12-4/h9-28H2,1-8H3. The van der Waals surface area contributed by atoms with Crippen LogP contribution < -0.4 is 0 Å². The quantitative estimate of drug-likeness (QED) is 0.0762. The van der Waals surface area contributed by atoms with E-state index >= 15 is 0 Å². The fourth-order valence-electron chi connectivity index (χ4n) is 4.93. The molecule has 0 heterocycles. The Bertz CT molecular complexity index is 447. The molecule has 0 bridgehead atoms. The van der Waals surface area contributed by atoms with E-state index in [1.54, 1.807) is 28.4 Å². The first kappa shape index (κ1) is 37.2. The second kappa shape index (κ2) is 24.0. The summed E-state index contributed by atoms with van der Waals surface area (Å²) >= 11 is 0. The van der Waals surface area contributed by atoms with Gasteiger partial charge in [0.05, 0.1) is 0 Å². The summed E-state index contributed by atoms with van der Waals surface area (Å²) in [4.78, 5) is 5.01. The monoisotopic (exact) mass is 564 g/mol. The van der Waals surface area contributed by atoms with Gasteiger partial charge in [-0.05, 0) is 65.0 Å². The van der Waals surface area contributed by atoms with E-state index in [4.69, 9.17) is 21.8 Å². The minimum atomic E-state index is -2.82. The minimum Gasteiger partial charge on any atom is -0.377 e. The molecule has 7 nitrogen and oxygen atoms in total. The molecular formula is C28H64N2O5Si2. The fourth-order valence-corrected chi connectivity index (χ4v) is 11.5. The molecule has 0 spiro atoms. The molecule has 0 aromatic heterocycles. The van der Waals surface area contributed by atoms with Crippen LogP contribution in [0.15, 0.2) is 0 Å². The molecule has 0 saturated heterocycles. The molecule has 0 saturated carbocycles. The molecule has 0 unspecified atom stereocenters. The SMILES string of the molecule is CCN(CC)CCCCCCCC[Si](OC)(OC)O[Si](CCCCCCCCN(CC)CC)(OC)OC. The molecule has 0 rings (SSSR count). The molecule has 0 fully saturated rings. The van der Waals surface area contributed by atoms with Crippen molar-refractivity contribution in [2.45, 2.75) is 117 Å². The minimum absolute atomic E-state index is 0.813. The predicted molar refractivity (Wildman–Crippen MR) is 161 cm³/mol. The van der Waals surface area contributed by atoms with Gasteiger partial charge in [-0.15, -0.1) is 0 Å². The normalized spacial score (nSPS) is 12.8. The van der Waals surface area contributed by atoms with Crippen molar-refractivity contribution in [2.75, 3.05) is 67.7 Å². The van der Waals surface area contributed by atoms with Crippen LogP contribution >= 0.6 is 0 Å². The maximum atomic E-state index is 6.59. The Labute approximate surface area is 233 Å². The van der Waals surface area contributed by atoms with Gasteiger partial charge in [-0.25, -0.2) is 0 Å². The first-order chi connectivity index (χ1) is 17.9. The van der Waals surface area contributed by atoms with E-state index in [2.05, 4.69) is 37.5 Å². The van der Waals surface area contributed by atoms with E-state index in [-0.39, 0.29) is 0 Å². The topological polar surface area (TPSA) is 52.6 Å². The predicted octanol–water partition coefficient (Wildman–Crippen LogP) is 6.83. The molecule has 0 atom stereocenters. The highest BCUT2D eigenvalue weighted by atomic mass is 28.5. The maximum absolute atomic E-state index is 6.59. The van der Waals surface area contributed by atoms with Gasteiger partial charge in [-0.1, -0.05) is 79.1 Å². The van der Waals surface area contributed by atoms with Crippen LogP contribution in [-0.4, -0.2) is 95.1 Å². The molecule has 0 amide bonds. The zero-order valence-electron chi connectivity index (χ0n) is 26.1. The van der Waals surface area contributed by atoms with Crippen molar-refractivity contribution in [2.24, 2.45) is 0 Å². The van der Waals surface area contributed by atoms with Gasteiger partial charge in [0.2, 0.25) is 0 Å². The van der Waals surface area contributed by atoms with Gasteiger partial charge in [-0.3, -0.25) is 0 Å². The summed E-state index contributed by atoms with van der Waals surface area (Å²) in [7, 11) is 1.21. The summed E-state index contributed by atoms with van der Waals surface area (Å²) in [6, 6.07) is 1.63. The summed E-state index contributed by atoms with van der Waals surface area (Å²) in [5.41, 5.74) is 0. The Morgan fingerprint density at radius 3 is 0.946 bits per heavy atom. The molecule has 0 N–H and O–H groups in total. The van der Waals surface area contributed by atoms with Crippen LogP contribution in [0.25, 0.3) is 0 Å². The zero-order valence-corrected chi connectivity index (χ0v) is 28.1. The van der Waals surface area contributed by atoms with Crippen molar-refractivity contribution in [3.05, 3.63) is 0 Å². The lowest BCUT2D eigenvalue weighted by molar-refractivity contribution is 0.0856. The lowest BCUT2D eigenvalue weighted by Crippen LogP contribution is -2.57. The van der Waals surface area contributed by atoms with Crippen molar-refractivity contribution < 1.29 is 21.8 Å². The lowest BCUT2D eigenvalue weighted by atomic mass is 10.1. The van der Waals surface area contributed by atoms with Gasteiger partial charge in [0.1, 0.15) is 0 Å². The molecule has 9 heteroatoms. The van der Waals surface area contributed by atoms with E-state index < -0.39 is 17.6 Å². The third-order valence-corrected chi connectivity index (χ3v) is 14.7. The summed E-state index contributed by atoms with van der Waals surface area (Å²) < 4.78 is 30.2. The summed E-state index contributed by atoms with van der Waals surface area (Å²) in [5.74, 6) is 0. The Morgan fingerprint density at radius 2 is 0.676 bits per heavy atom. The summed E-state index contributed by atoms with van der Waals surface area (Å²) in [6.45, 7) is 16.0. The largest absolute Gasteiger partial charge is 0.493 e. The zero-order chi connectivity index (χ0) is 27.8. The van der Waals surface area contributed by atoms with Crippen LogP contribution in [-0.2, 0) is 21.8 Å². The molecule has 0 aliphatic heterocycles. The van der Waals surface area contributed by atoms with Crippen molar-refractivity contribution in [3.8, 4) is 0 Å². The van der Waals surface area contributed by atoms with Crippen molar-refractivity contribution >= 4 is 17.6 Å². The van der Waals surface area contributed by atoms with Crippen LogP contribution in [0.2, 0.25) is 12.1 Å². The number of rotatable bonds is 28. The maximum Gasteiger partial charge on any atom is 0.493 e. The van der Waals surface area contributed by atoms with E-state index in [1.165, 1.54) is 77.3 Å². The average molecular weight is 565 g/mol. The number of unbranched alkanes of at least 4 members (excludes halogenated alkanes) is 10. The molecular weight excluding hydrogens is 500 g/mol. The van der Waals surface area contributed by atoms with E-state index in [1.807, 2.05) is 0 Å². The van der Waals surface area contributed by atoms with E-state index in [9.17, 15) is 0 Å². The van der Waals surface area contributed by atoms with Gasteiger partial charge in [0, 0.05) is 40.5 Å². The summed E-state index contributed by atoms with van der Waals surface area (Å²) in [5, 5.41) is 0. The Hall–Kier alpha value is 0.154. The molecule has 0 aromatic carbocycles. The van der Waals surface area contributed by atoms with Crippen LogP contribution in [0.1, 0.15) is 105 Å². The van der Waals surface area contributed by atoms with Gasteiger partial charge < -0.3 is 31.6 Å². The molecule has 0 aliphatic carbocycles. The Balaban J connectivity index is 4.39. The fraction of sp³-hybridized carbons (Fsp3) is 1.00. The first-order valence-electron chi connectivity index (χ1n) is 15.3. The van der Waals surface area contributed by atoms with Crippen molar-refractivity contribution in [1.29, 1.82) is 0 Å². The van der Waals surface area contributed by atoms with E-state index in [0.29, 0.717) is 0 Å². The Kier molecular flexibility index (Phi) is 24.1. The molecule has 0 aromatic rings. The van der Waals surface area contributed by atoms with Gasteiger partial charge in [0.25, 0.3) is 0 Å². The Morgan fingerprint density at radius 1 is 0.405 bits per heavy atom. The highest BCUT2D eigenvalue weighted by Crippen LogP contribution is 2.28. The number of nitrogens with zero attached hydrogens (tertiary/aromatic N) is 2. The number of hydrogen-bond donors (Lipinski definition) is 0. The third-order valence-electron chi connectivity index (χ3n) is 7.76. The van der Waals surface area contributed by atoms with Crippen molar-refractivity contribution in [1.82, 2.24) is 9.80 Å². The van der Waals surface area contributed by atoms with Crippen LogP contribution in [0.4, 0.5) is 0 Å². The molecule has 0 aliphatic rings. The number of hydrogen-bond acceptors (Lipinski definition) is 7. The first-order valence-corrected chi connectivity index (χ1v) is 19.2. The molecule has 37 heavy (non-hydrogen) atoms. The molecule has 0 radical (unpaired) electrons. The van der Waals surface area contributed by atoms with Gasteiger partial charge in [-0.2, -0.15) is 0 Å². The smallest absolute Gasteiger partial charge is 0.377 e. The van der Waals surface area contributed by atoms with Gasteiger partial charge in [0.15, 0.2) is 0 Å². The summed E-state index contributed by atoms with van der Waals surface area (Å²) in [6.07, 6.45) is 14.8. The van der Waals surface area contributed by atoms with E-state index in [0.717, 1.165) is 51.1 Å². The van der Waals surface area contributed by atoms with Crippen molar-refractivity contribution in [3.63, 3.8) is 0 Å². The van der Waals surface area contributed by atoms with Crippen LogP contribution in [0.3, 0.4) is 0 Å². The lowest BCUT2D eigenvalue weighted by Gasteiger charge is -2.35. The van der Waals surface area contributed by atoms with Crippen LogP contribution in [0, 0.1) is 0 Å².